The molecule has 0 radical (unpaired) electrons. The van der Waals surface area contributed by atoms with Gasteiger partial charge in [0.05, 0.1) is 22.4 Å². The normalized spacial score (nSPS) is 23.8. The summed E-state index contributed by atoms with van der Waals surface area (Å²) in [4.78, 5) is 11.0. The SMILES string of the molecule is CC/C(B1OC(C)(C)C(C)(C)O1)=C(\B1OC(C)(C)C(C)(C)O1)c1ccc(NC(=O)O)cc1. The molecule has 2 N–H and O–H groups in total. The van der Waals surface area contributed by atoms with Crippen LogP contribution in [0.5, 0.6) is 0 Å². The number of amides is 1. The van der Waals surface area contributed by atoms with Crippen LogP contribution in [-0.2, 0) is 18.6 Å². The van der Waals surface area contributed by atoms with Crippen LogP contribution >= 0.6 is 0 Å². The second-order valence-corrected chi connectivity index (χ2v) is 10.5. The van der Waals surface area contributed by atoms with Gasteiger partial charge in [0.15, 0.2) is 0 Å². The molecular formula is C23H35B2NO6. The zero-order valence-corrected chi connectivity index (χ0v) is 20.7. The summed E-state index contributed by atoms with van der Waals surface area (Å²) in [6, 6.07) is 7.19. The van der Waals surface area contributed by atoms with Crippen LogP contribution in [0.1, 0.15) is 74.3 Å². The molecule has 7 nitrogen and oxygen atoms in total. The Balaban J connectivity index is 2.11. The first-order valence-corrected chi connectivity index (χ1v) is 11.1. The molecule has 0 aromatic heterocycles. The summed E-state index contributed by atoms with van der Waals surface area (Å²) < 4.78 is 25.6. The first-order valence-electron chi connectivity index (χ1n) is 11.1. The lowest BCUT2D eigenvalue weighted by molar-refractivity contribution is 0.00578. The topological polar surface area (TPSA) is 86.3 Å². The van der Waals surface area contributed by atoms with Crippen LogP contribution in [0.15, 0.2) is 29.7 Å². The van der Waals surface area contributed by atoms with Gasteiger partial charge < -0.3 is 23.7 Å². The maximum absolute atomic E-state index is 11.0. The number of anilines is 1. The van der Waals surface area contributed by atoms with Gasteiger partial charge in [-0.1, -0.05) is 19.1 Å². The Bertz CT molecular complexity index is 876. The third-order valence-corrected chi connectivity index (χ3v) is 7.20. The molecule has 1 amide bonds. The molecule has 2 fully saturated rings. The summed E-state index contributed by atoms with van der Waals surface area (Å²) >= 11 is 0. The molecule has 174 valence electrons. The van der Waals surface area contributed by atoms with E-state index in [1.807, 2.05) is 67.5 Å². The number of nitrogens with one attached hydrogen (secondary N) is 1. The second-order valence-electron chi connectivity index (χ2n) is 10.5. The standard InChI is InChI=1S/C23H35B2NO6/c1-10-17(24-29-20(2,3)21(4,5)30-24)18(25-31-22(6,7)23(8,9)32-25)15-11-13-16(14-12-15)26-19(27)28/h11-14,26H,10H2,1-9H3,(H,27,28)/b18-17+. The predicted octanol–water partition coefficient (Wildman–Crippen LogP) is 5.20. The van der Waals surface area contributed by atoms with E-state index in [-0.39, 0.29) is 0 Å². The van der Waals surface area contributed by atoms with Crippen LogP contribution in [-0.4, -0.2) is 47.8 Å². The fraction of sp³-hybridized carbons (Fsp3) is 0.609. The van der Waals surface area contributed by atoms with E-state index in [2.05, 4.69) is 12.2 Å². The summed E-state index contributed by atoms with van der Waals surface area (Å²) in [5.41, 5.74) is 1.18. The summed E-state index contributed by atoms with van der Waals surface area (Å²) in [6.45, 7) is 18.3. The molecule has 1 aromatic carbocycles. The van der Waals surface area contributed by atoms with Crippen molar-refractivity contribution in [3.63, 3.8) is 0 Å². The van der Waals surface area contributed by atoms with Crippen molar-refractivity contribution in [2.75, 3.05) is 5.32 Å². The molecule has 0 saturated carbocycles. The Morgan fingerprint density at radius 1 is 0.812 bits per heavy atom. The molecule has 2 saturated heterocycles. The number of hydrogen-bond donors (Lipinski definition) is 2. The number of rotatable bonds is 5. The van der Waals surface area contributed by atoms with E-state index in [0.717, 1.165) is 16.5 Å². The lowest BCUT2D eigenvalue weighted by atomic mass is 9.61. The number of carbonyl (C=O) groups is 1. The van der Waals surface area contributed by atoms with Crippen molar-refractivity contribution in [1.29, 1.82) is 0 Å². The molecule has 9 heteroatoms. The lowest BCUT2D eigenvalue weighted by Gasteiger charge is -2.32. The lowest BCUT2D eigenvalue weighted by Crippen LogP contribution is -2.41. The van der Waals surface area contributed by atoms with E-state index in [9.17, 15) is 4.79 Å². The van der Waals surface area contributed by atoms with E-state index in [1.54, 1.807) is 12.1 Å². The zero-order chi connectivity index (χ0) is 24.1. The fourth-order valence-corrected chi connectivity index (χ4v) is 3.76. The highest BCUT2D eigenvalue weighted by Gasteiger charge is 2.56. The molecule has 0 atom stereocenters. The highest BCUT2D eigenvalue weighted by molar-refractivity contribution is 6.74. The van der Waals surface area contributed by atoms with Gasteiger partial charge in [-0.2, -0.15) is 0 Å². The van der Waals surface area contributed by atoms with Crippen LogP contribution in [0.4, 0.5) is 10.5 Å². The van der Waals surface area contributed by atoms with Crippen LogP contribution in [0.3, 0.4) is 0 Å². The monoisotopic (exact) mass is 443 g/mol. The smallest absolute Gasteiger partial charge is 0.465 e. The second kappa shape index (κ2) is 8.20. The number of hydrogen-bond acceptors (Lipinski definition) is 5. The predicted molar refractivity (Wildman–Crippen MR) is 127 cm³/mol. The van der Waals surface area contributed by atoms with Gasteiger partial charge in [0.2, 0.25) is 0 Å². The van der Waals surface area contributed by atoms with Gasteiger partial charge in [0.25, 0.3) is 0 Å². The van der Waals surface area contributed by atoms with Crippen molar-refractivity contribution in [1.82, 2.24) is 0 Å². The fourth-order valence-electron chi connectivity index (χ4n) is 3.76. The quantitative estimate of drug-likeness (QED) is 0.609. The average Bonchev–Trinajstić information content (AvgIpc) is 2.99. The van der Waals surface area contributed by atoms with Crippen LogP contribution < -0.4 is 5.32 Å². The van der Waals surface area contributed by atoms with Crippen molar-refractivity contribution in [2.45, 2.75) is 91.1 Å². The van der Waals surface area contributed by atoms with Gasteiger partial charge in [-0.25, -0.2) is 4.79 Å². The highest BCUT2D eigenvalue weighted by atomic mass is 16.7. The highest BCUT2D eigenvalue weighted by Crippen LogP contribution is 2.45. The van der Waals surface area contributed by atoms with E-state index >= 15 is 0 Å². The number of benzene rings is 1. The molecule has 2 aliphatic rings. The zero-order valence-electron chi connectivity index (χ0n) is 20.7. The first kappa shape index (κ1) is 24.8. The Kier molecular flexibility index (Phi) is 6.37. The van der Waals surface area contributed by atoms with Crippen LogP contribution in [0, 0.1) is 0 Å². The molecular weight excluding hydrogens is 408 g/mol. The van der Waals surface area contributed by atoms with E-state index < -0.39 is 42.7 Å². The Morgan fingerprint density at radius 2 is 1.22 bits per heavy atom. The van der Waals surface area contributed by atoms with E-state index in [4.69, 9.17) is 23.7 Å². The Hall–Kier alpha value is -1.80. The van der Waals surface area contributed by atoms with E-state index in [0.29, 0.717) is 12.1 Å². The van der Waals surface area contributed by atoms with E-state index in [1.165, 1.54) is 0 Å². The number of allylic oxidation sites excluding steroid dienone is 1. The average molecular weight is 443 g/mol. The Morgan fingerprint density at radius 3 is 1.59 bits per heavy atom. The van der Waals surface area contributed by atoms with Gasteiger partial charge in [-0.05, 0) is 90.5 Å². The van der Waals surface area contributed by atoms with Crippen LogP contribution in [0.2, 0.25) is 0 Å². The minimum Gasteiger partial charge on any atom is -0.465 e. The largest absolute Gasteiger partial charge is 0.494 e. The minimum absolute atomic E-state index is 0.478. The summed E-state index contributed by atoms with van der Waals surface area (Å²) in [7, 11) is -1.16. The van der Waals surface area contributed by atoms with Crippen LogP contribution in [0.25, 0.3) is 5.47 Å². The van der Waals surface area contributed by atoms with Crippen molar-refractivity contribution < 1.29 is 28.5 Å². The van der Waals surface area contributed by atoms with Gasteiger partial charge in [-0.3, -0.25) is 5.32 Å². The van der Waals surface area contributed by atoms with Gasteiger partial charge >= 0.3 is 20.3 Å². The molecule has 0 spiro atoms. The molecule has 0 bridgehead atoms. The third-order valence-electron chi connectivity index (χ3n) is 7.20. The van der Waals surface area contributed by atoms with Crippen molar-refractivity contribution >= 4 is 31.5 Å². The minimum atomic E-state index is -1.11. The molecule has 2 aliphatic heterocycles. The molecule has 0 unspecified atom stereocenters. The van der Waals surface area contributed by atoms with Gasteiger partial charge in [-0.15, -0.1) is 0 Å². The molecule has 0 aliphatic carbocycles. The van der Waals surface area contributed by atoms with Gasteiger partial charge in [0, 0.05) is 5.69 Å². The first-order chi connectivity index (χ1) is 14.6. The maximum Gasteiger partial charge on any atom is 0.494 e. The summed E-state index contributed by atoms with van der Waals surface area (Å²) in [6.07, 6.45) is -0.434. The maximum atomic E-state index is 11.0. The molecule has 2 heterocycles. The third kappa shape index (κ3) is 4.49. The summed E-state index contributed by atoms with van der Waals surface area (Å²) in [5.74, 6) is 0. The number of carboxylic acid groups (broad SMARTS) is 1. The van der Waals surface area contributed by atoms with Crippen molar-refractivity contribution in [2.24, 2.45) is 0 Å². The molecule has 32 heavy (non-hydrogen) atoms. The van der Waals surface area contributed by atoms with Crippen molar-refractivity contribution in [3.8, 4) is 0 Å². The molecule has 1 aromatic rings. The van der Waals surface area contributed by atoms with Crippen molar-refractivity contribution in [3.05, 3.63) is 35.3 Å². The molecule has 3 rings (SSSR count). The Labute approximate surface area is 192 Å². The van der Waals surface area contributed by atoms with Gasteiger partial charge in [0.1, 0.15) is 0 Å². The summed E-state index contributed by atoms with van der Waals surface area (Å²) in [5, 5.41) is 11.4.